The number of halogens is 2. The Kier molecular flexibility index (Phi) is 3.52. The van der Waals surface area contributed by atoms with E-state index in [-0.39, 0.29) is 18.1 Å². The van der Waals surface area contributed by atoms with Crippen molar-refractivity contribution >= 4 is 33.4 Å². The Morgan fingerprint density at radius 2 is 2.19 bits per heavy atom. The van der Waals surface area contributed by atoms with Crippen molar-refractivity contribution in [2.75, 3.05) is 0 Å². The van der Waals surface area contributed by atoms with Crippen molar-refractivity contribution in [3.8, 4) is 0 Å². The number of benzene rings is 1. The molecular weight excluding hydrogens is 293 g/mol. The first kappa shape index (κ1) is 11.9. The summed E-state index contributed by atoms with van der Waals surface area (Å²) in [6, 6.07) is 5.22. The Balaban J connectivity index is 2.05. The summed E-state index contributed by atoms with van der Waals surface area (Å²) in [6.07, 6.45) is 0.970. The highest BCUT2D eigenvalue weighted by Gasteiger charge is 2.29. The van der Waals surface area contributed by atoms with Gasteiger partial charge in [0.25, 0.3) is 5.91 Å². The van der Waals surface area contributed by atoms with E-state index in [1.807, 2.05) is 0 Å². The molecule has 3 nitrogen and oxygen atoms in total. The van der Waals surface area contributed by atoms with Gasteiger partial charge in [0, 0.05) is 10.5 Å². The second-order valence-electron chi connectivity index (χ2n) is 3.92. The van der Waals surface area contributed by atoms with Crippen LogP contribution in [-0.2, 0) is 0 Å². The van der Waals surface area contributed by atoms with E-state index in [1.54, 1.807) is 18.2 Å². The predicted molar refractivity (Wildman–Crippen MR) is 65.6 cm³/mol. The van der Waals surface area contributed by atoms with Crippen molar-refractivity contribution < 1.29 is 9.90 Å². The standard InChI is InChI=1S/C11H11BrClNO2/c12-6-1-2-10(13)9(3-6)11(16)14-7-4-8(15)5-7/h1-3,7-8,15H,4-5H2,(H,14,16). The molecule has 0 radical (unpaired) electrons. The Hall–Kier alpha value is -0.580. The van der Waals surface area contributed by atoms with Crippen LogP contribution in [0.1, 0.15) is 23.2 Å². The first-order valence-corrected chi connectivity index (χ1v) is 6.17. The molecule has 0 aliphatic heterocycles. The maximum absolute atomic E-state index is 11.8. The van der Waals surface area contributed by atoms with Crippen LogP contribution in [0.4, 0.5) is 0 Å². The molecule has 0 heterocycles. The van der Waals surface area contributed by atoms with E-state index < -0.39 is 0 Å². The van der Waals surface area contributed by atoms with Crippen LogP contribution in [0.25, 0.3) is 0 Å². The third-order valence-corrected chi connectivity index (χ3v) is 3.44. The van der Waals surface area contributed by atoms with Crippen molar-refractivity contribution in [3.63, 3.8) is 0 Å². The predicted octanol–water partition coefficient (Wildman–Crippen LogP) is 2.36. The minimum atomic E-state index is -0.275. The zero-order chi connectivity index (χ0) is 11.7. The molecule has 0 unspecified atom stereocenters. The second kappa shape index (κ2) is 4.73. The average Bonchev–Trinajstić information content (AvgIpc) is 2.19. The van der Waals surface area contributed by atoms with Gasteiger partial charge in [-0.05, 0) is 31.0 Å². The molecule has 1 aliphatic carbocycles. The molecule has 16 heavy (non-hydrogen) atoms. The minimum absolute atomic E-state index is 0.0672. The molecule has 1 fully saturated rings. The van der Waals surface area contributed by atoms with Crippen molar-refractivity contribution in [1.82, 2.24) is 5.32 Å². The van der Waals surface area contributed by atoms with Gasteiger partial charge in [0.2, 0.25) is 0 Å². The van der Waals surface area contributed by atoms with Gasteiger partial charge in [0.1, 0.15) is 0 Å². The van der Waals surface area contributed by atoms with Crippen LogP contribution >= 0.6 is 27.5 Å². The zero-order valence-corrected chi connectivity index (χ0v) is 10.8. The number of carbonyl (C=O) groups is 1. The zero-order valence-electron chi connectivity index (χ0n) is 8.41. The van der Waals surface area contributed by atoms with Gasteiger partial charge in [-0.3, -0.25) is 4.79 Å². The highest BCUT2D eigenvalue weighted by Crippen LogP contribution is 2.23. The maximum Gasteiger partial charge on any atom is 0.253 e. The molecule has 1 aromatic carbocycles. The van der Waals surface area contributed by atoms with E-state index >= 15 is 0 Å². The van der Waals surface area contributed by atoms with E-state index in [0.717, 1.165) is 4.47 Å². The number of nitrogens with one attached hydrogen (secondary N) is 1. The van der Waals surface area contributed by atoms with Crippen LogP contribution in [0.2, 0.25) is 5.02 Å². The summed E-state index contributed by atoms with van der Waals surface area (Å²) in [6.45, 7) is 0. The van der Waals surface area contributed by atoms with E-state index in [9.17, 15) is 4.79 Å². The number of amides is 1. The quantitative estimate of drug-likeness (QED) is 0.881. The molecule has 1 saturated carbocycles. The number of aliphatic hydroxyl groups is 1. The van der Waals surface area contributed by atoms with Gasteiger partial charge < -0.3 is 10.4 Å². The first-order chi connectivity index (χ1) is 7.56. The number of hydrogen-bond acceptors (Lipinski definition) is 2. The van der Waals surface area contributed by atoms with Crippen LogP contribution in [0.5, 0.6) is 0 Å². The average molecular weight is 305 g/mol. The summed E-state index contributed by atoms with van der Waals surface area (Å²) in [7, 11) is 0. The van der Waals surface area contributed by atoms with Crippen LogP contribution < -0.4 is 5.32 Å². The highest BCUT2D eigenvalue weighted by atomic mass is 79.9. The largest absolute Gasteiger partial charge is 0.393 e. The maximum atomic E-state index is 11.8. The summed E-state index contributed by atoms with van der Waals surface area (Å²) in [5.41, 5.74) is 0.456. The van der Waals surface area contributed by atoms with Crippen molar-refractivity contribution in [3.05, 3.63) is 33.3 Å². The monoisotopic (exact) mass is 303 g/mol. The molecule has 0 saturated heterocycles. The lowest BCUT2D eigenvalue weighted by atomic mass is 9.89. The Labute approximate surface area is 107 Å². The van der Waals surface area contributed by atoms with Crippen molar-refractivity contribution in [2.45, 2.75) is 25.0 Å². The molecule has 2 rings (SSSR count). The van der Waals surface area contributed by atoms with E-state index in [1.165, 1.54) is 0 Å². The summed E-state index contributed by atoms with van der Waals surface area (Å²) < 4.78 is 0.815. The number of aliphatic hydroxyl groups excluding tert-OH is 1. The molecular formula is C11H11BrClNO2. The van der Waals surface area contributed by atoms with Crippen LogP contribution in [0.15, 0.2) is 22.7 Å². The Morgan fingerprint density at radius 3 is 2.81 bits per heavy atom. The summed E-state index contributed by atoms with van der Waals surface area (Å²) in [4.78, 5) is 11.8. The second-order valence-corrected chi connectivity index (χ2v) is 5.24. The van der Waals surface area contributed by atoms with E-state index in [0.29, 0.717) is 23.4 Å². The SMILES string of the molecule is O=C(NC1CC(O)C1)c1cc(Br)ccc1Cl. The molecule has 1 amide bonds. The summed E-state index contributed by atoms with van der Waals surface area (Å²) in [5, 5.41) is 12.4. The first-order valence-electron chi connectivity index (χ1n) is 5.00. The van der Waals surface area contributed by atoms with E-state index in [2.05, 4.69) is 21.2 Å². The van der Waals surface area contributed by atoms with Gasteiger partial charge in [0.15, 0.2) is 0 Å². The van der Waals surface area contributed by atoms with Crippen molar-refractivity contribution in [2.24, 2.45) is 0 Å². The topological polar surface area (TPSA) is 49.3 Å². The third-order valence-electron chi connectivity index (χ3n) is 2.62. The van der Waals surface area contributed by atoms with Gasteiger partial charge in [-0.15, -0.1) is 0 Å². The van der Waals surface area contributed by atoms with Crippen LogP contribution in [0, 0.1) is 0 Å². The number of carbonyl (C=O) groups excluding carboxylic acids is 1. The molecule has 0 aromatic heterocycles. The van der Waals surface area contributed by atoms with Crippen LogP contribution in [-0.4, -0.2) is 23.2 Å². The smallest absolute Gasteiger partial charge is 0.253 e. The van der Waals surface area contributed by atoms with E-state index in [4.69, 9.17) is 16.7 Å². The third kappa shape index (κ3) is 2.56. The molecule has 1 aromatic rings. The normalized spacial score (nSPS) is 23.7. The Bertz CT molecular complexity index is 418. The van der Waals surface area contributed by atoms with Gasteiger partial charge >= 0.3 is 0 Å². The van der Waals surface area contributed by atoms with Gasteiger partial charge in [-0.2, -0.15) is 0 Å². The van der Waals surface area contributed by atoms with Crippen LogP contribution in [0.3, 0.4) is 0 Å². The van der Waals surface area contributed by atoms with Gasteiger partial charge in [-0.1, -0.05) is 27.5 Å². The lowest BCUT2D eigenvalue weighted by Gasteiger charge is -2.32. The lowest BCUT2D eigenvalue weighted by molar-refractivity contribution is 0.0563. The summed E-state index contributed by atoms with van der Waals surface area (Å²) >= 11 is 9.23. The fraction of sp³-hybridized carbons (Fsp3) is 0.364. The molecule has 86 valence electrons. The molecule has 0 atom stereocenters. The molecule has 1 aliphatic rings. The van der Waals surface area contributed by atoms with Gasteiger partial charge in [0.05, 0.1) is 16.7 Å². The molecule has 2 N–H and O–H groups in total. The fourth-order valence-electron chi connectivity index (χ4n) is 1.64. The van der Waals surface area contributed by atoms with Gasteiger partial charge in [-0.25, -0.2) is 0 Å². The number of hydrogen-bond donors (Lipinski definition) is 2. The molecule has 5 heteroatoms. The minimum Gasteiger partial charge on any atom is -0.393 e. The molecule has 0 bridgehead atoms. The Morgan fingerprint density at radius 1 is 1.50 bits per heavy atom. The summed E-state index contributed by atoms with van der Waals surface area (Å²) in [5.74, 6) is -0.191. The number of rotatable bonds is 2. The molecule has 0 spiro atoms. The van der Waals surface area contributed by atoms with Crippen molar-refractivity contribution in [1.29, 1.82) is 0 Å². The fourth-order valence-corrected chi connectivity index (χ4v) is 2.20. The highest BCUT2D eigenvalue weighted by molar-refractivity contribution is 9.10. The lowest BCUT2D eigenvalue weighted by Crippen LogP contribution is -2.46.